The van der Waals surface area contributed by atoms with Crippen LogP contribution in [0.2, 0.25) is 0 Å². The molecule has 0 atom stereocenters. The van der Waals surface area contributed by atoms with Crippen LogP contribution in [-0.2, 0) is 11.2 Å². The number of nitrogens with two attached hydrogens (primary N) is 1. The molecular weight excluding hydrogens is 238 g/mol. The molecule has 0 bridgehead atoms. The Labute approximate surface area is 114 Å². The summed E-state index contributed by atoms with van der Waals surface area (Å²) in [5, 5.41) is 8.65. The van der Waals surface area contributed by atoms with Crippen LogP contribution < -0.4 is 5.73 Å². The molecule has 0 aliphatic heterocycles. The molecular formula is C15H21N3O. The quantitative estimate of drug-likeness (QED) is 0.796. The second kappa shape index (κ2) is 7.42. The molecule has 1 aromatic rings. The van der Waals surface area contributed by atoms with Crippen LogP contribution in [0.5, 0.6) is 0 Å². The first-order valence-electron chi connectivity index (χ1n) is 6.52. The summed E-state index contributed by atoms with van der Waals surface area (Å²) in [5.41, 5.74) is 7.28. The van der Waals surface area contributed by atoms with Gasteiger partial charge in [-0.25, -0.2) is 0 Å². The zero-order valence-electron chi connectivity index (χ0n) is 11.6. The molecule has 0 fully saturated rings. The first-order valence-corrected chi connectivity index (χ1v) is 6.52. The number of nitriles is 1. The molecule has 0 spiro atoms. The lowest BCUT2D eigenvalue weighted by Gasteiger charge is -2.23. The maximum atomic E-state index is 12.2. The molecule has 19 heavy (non-hydrogen) atoms. The molecule has 4 heteroatoms. The van der Waals surface area contributed by atoms with Gasteiger partial charge in [-0.15, -0.1) is 0 Å². The van der Waals surface area contributed by atoms with Crippen LogP contribution in [0.15, 0.2) is 24.3 Å². The number of amides is 1. The minimum Gasteiger partial charge on any atom is -0.399 e. The first kappa shape index (κ1) is 15.0. The number of carbonyl (C=O) groups is 1. The lowest BCUT2D eigenvalue weighted by Crippen LogP contribution is -2.36. The van der Waals surface area contributed by atoms with Gasteiger partial charge in [-0.2, -0.15) is 5.26 Å². The van der Waals surface area contributed by atoms with Crippen molar-refractivity contribution < 1.29 is 4.79 Å². The van der Waals surface area contributed by atoms with Gasteiger partial charge in [0.05, 0.1) is 18.9 Å². The first-order chi connectivity index (χ1) is 9.02. The lowest BCUT2D eigenvalue weighted by molar-refractivity contribution is -0.130. The van der Waals surface area contributed by atoms with Gasteiger partial charge in [0.2, 0.25) is 5.91 Å². The lowest BCUT2D eigenvalue weighted by atomic mass is 10.1. The van der Waals surface area contributed by atoms with E-state index in [0.29, 0.717) is 37.5 Å². The highest BCUT2D eigenvalue weighted by Gasteiger charge is 2.15. The third kappa shape index (κ3) is 5.43. The van der Waals surface area contributed by atoms with Crippen LogP contribution in [0, 0.1) is 17.2 Å². The van der Waals surface area contributed by atoms with Crippen molar-refractivity contribution in [1.29, 1.82) is 5.26 Å². The van der Waals surface area contributed by atoms with Crippen LogP contribution in [-0.4, -0.2) is 23.9 Å². The average molecular weight is 259 g/mol. The van der Waals surface area contributed by atoms with E-state index in [1.54, 1.807) is 11.0 Å². The van der Waals surface area contributed by atoms with Gasteiger partial charge in [0, 0.05) is 18.8 Å². The maximum Gasteiger partial charge on any atom is 0.227 e. The summed E-state index contributed by atoms with van der Waals surface area (Å²) >= 11 is 0. The minimum absolute atomic E-state index is 0.0505. The van der Waals surface area contributed by atoms with Crippen molar-refractivity contribution in [3.8, 4) is 6.07 Å². The summed E-state index contributed by atoms with van der Waals surface area (Å²) in [6, 6.07) is 9.44. The average Bonchev–Trinajstić information content (AvgIpc) is 2.34. The van der Waals surface area contributed by atoms with Crippen molar-refractivity contribution in [2.45, 2.75) is 26.7 Å². The Morgan fingerprint density at radius 2 is 2.21 bits per heavy atom. The van der Waals surface area contributed by atoms with Crippen LogP contribution in [0.25, 0.3) is 0 Å². The summed E-state index contributed by atoms with van der Waals surface area (Å²) in [7, 11) is 0. The van der Waals surface area contributed by atoms with Gasteiger partial charge in [-0.1, -0.05) is 26.0 Å². The monoisotopic (exact) mass is 259 g/mol. The van der Waals surface area contributed by atoms with E-state index in [4.69, 9.17) is 11.0 Å². The predicted octanol–water partition coefficient (Wildman–Crippen LogP) is 2.21. The second-order valence-corrected chi connectivity index (χ2v) is 5.06. The third-order valence-corrected chi connectivity index (χ3v) is 2.74. The SMILES string of the molecule is CC(C)CN(CCC#N)C(=O)Cc1cccc(N)c1. The van der Waals surface area contributed by atoms with Gasteiger partial charge in [-0.3, -0.25) is 4.79 Å². The third-order valence-electron chi connectivity index (χ3n) is 2.74. The molecule has 0 saturated heterocycles. The van der Waals surface area contributed by atoms with Crippen LogP contribution in [0.4, 0.5) is 5.69 Å². The second-order valence-electron chi connectivity index (χ2n) is 5.06. The molecule has 1 rings (SSSR count). The standard InChI is InChI=1S/C15H21N3O/c1-12(2)11-18(8-4-7-16)15(19)10-13-5-3-6-14(17)9-13/h3,5-6,9,12H,4,8,10-11,17H2,1-2H3. The van der Waals surface area contributed by atoms with E-state index in [1.807, 2.05) is 18.2 Å². The summed E-state index contributed by atoms with van der Waals surface area (Å²) in [6.07, 6.45) is 0.707. The number of carbonyl (C=O) groups excluding carboxylic acids is 1. The Morgan fingerprint density at radius 3 is 2.79 bits per heavy atom. The fraction of sp³-hybridized carbons (Fsp3) is 0.467. The van der Waals surface area contributed by atoms with Gasteiger partial charge in [0.25, 0.3) is 0 Å². The summed E-state index contributed by atoms with van der Waals surface area (Å²) in [4.78, 5) is 14.0. The Balaban J connectivity index is 2.68. The molecule has 0 radical (unpaired) electrons. The van der Waals surface area contributed by atoms with Gasteiger partial charge in [-0.05, 0) is 23.6 Å². The van der Waals surface area contributed by atoms with E-state index in [9.17, 15) is 4.79 Å². The maximum absolute atomic E-state index is 12.2. The normalized spacial score (nSPS) is 10.2. The summed E-state index contributed by atoms with van der Waals surface area (Å²) in [5.74, 6) is 0.443. The van der Waals surface area contributed by atoms with E-state index < -0.39 is 0 Å². The highest BCUT2D eigenvalue weighted by molar-refractivity contribution is 5.79. The van der Waals surface area contributed by atoms with Gasteiger partial charge >= 0.3 is 0 Å². The number of hydrogen-bond acceptors (Lipinski definition) is 3. The fourth-order valence-corrected chi connectivity index (χ4v) is 1.93. The van der Waals surface area contributed by atoms with Crippen molar-refractivity contribution in [3.63, 3.8) is 0 Å². The molecule has 0 aliphatic rings. The van der Waals surface area contributed by atoms with Crippen molar-refractivity contribution in [2.75, 3.05) is 18.8 Å². The molecule has 0 saturated carbocycles. The summed E-state index contributed by atoms with van der Waals surface area (Å²) < 4.78 is 0. The van der Waals surface area contributed by atoms with Crippen LogP contribution in [0.1, 0.15) is 25.8 Å². The molecule has 0 aliphatic carbocycles. The Kier molecular flexibility index (Phi) is 5.87. The molecule has 1 aromatic carbocycles. The van der Waals surface area contributed by atoms with Gasteiger partial charge in [0.15, 0.2) is 0 Å². The molecule has 0 heterocycles. The number of hydrogen-bond donors (Lipinski definition) is 1. The predicted molar refractivity (Wildman–Crippen MR) is 76.2 cm³/mol. The van der Waals surface area contributed by atoms with E-state index in [0.717, 1.165) is 5.56 Å². The topological polar surface area (TPSA) is 70.1 Å². The van der Waals surface area contributed by atoms with Crippen molar-refractivity contribution >= 4 is 11.6 Å². The van der Waals surface area contributed by atoms with E-state index in [2.05, 4.69) is 19.9 Å². The van der Waals surface area contributed by atoms with Crippen LogP contribution in [0.3, 0.4) is 0 Å². The molecule has 0 unspecified atom stereocenters. The largest absolute Gasteiger partial charge is 0.399 e. The number of nitrogens with zero attached hydrogens (tertiary/aromatic N) is 2. The highest BCUT2D eigenvalue weighted by Crippen LogP contribution is 2.10. The van der Waals surface area contributed by atoms with Crippen LogP contribution >= 0.6 is 0 Å². The zero-order chi connectivity index (χ0) is 14.3. The molecule has 0 aromatic heterocycles. The number of nitrogen functional groups attached to an aromatic ring is 1. The van der Waals surface area contributed by atoms with Crippen molar-refractivity contribution in [1.82, 2.24) is 4.90 Å². The van der Waals surface area contributed by atoms with E-state index in [1.165, 1.54) is 0 Å². The number of benzene rings is 1. The Hall–Kier alpha value is -2.02. The Bertz CT molecular complexity index is 463. The Morgan fingerprint density at radius 1 is 1.47 bits per heavy atom. The highest BCUT2D eigenvalue weighted by atomic mass is 16.2. The molecule has 1 amide bonds. The fourth-order valence-electron chi connectivity index (χ4n) is 1.93. The van der Waals surface area contributed by atoms with E-state index >= 15 is 0 Å². The summed E-state index contributed by atoms with van der Waals surface area (Å²) in [6.45, 7) is 5.30. The van der Waals surface area contributed by atoms with Gasteiger partial charge < -0.3 is 10.6 Å². The van der Waals surface area contributed by atoms with Crippen molar-refractivity contribution in [2.24, 2.45) is 5.92 Å². The van der Waals surface area contributed by atoms with E-state index in [-0.39, 0.29) is 5.91 Å². The minimum atomic E-state index is 0.0505. The van der Waals surface area contributed by atoms with Crippen molar-refractivity contribution in [3.05, 3.63) is 29.8 Å². The molecule has 102 valence electrons. The number of rotatable bonds is 6. The zero-order valence-corrected chi connectivity index (χ0v) is 11.6. The molecule has 2 N–H and O–H groups in total. The van der Waals surface area contributed by atoms with Gasteiger partial charge in [0.1, 0.15) is 0 Å². The number of anilines is 1. The smallest absolute Gasteiger partial charge is 0.227 e. The molecule has 4 nitrogen and oxygen atoms in total.